The molecule has 0 radical (unpaired) electrons. The first-order valence-electron chi connectivity index (χ1n) is 5.77. The first kappa shape index (κ1) is 14.5. The molecule has 0 aliphatic heterocycles. The summed E-state index contributed by atoms with van der Waals surface area (Å²) in [5, 5.41) is 12.9. The number of pyridine rings is 1. The highest BCUT2D eigenvalue weighted by molar-refractivity contribution is 6.04. The molecule has 108 valence electrons. The van der Waals surface area contributed by atoms with Gasteiger partial charge in [0, 0.05) is 17.2 Å². The number of aryl methyl sites for hydroxylation is 1. The second kappa shape index (κ2) is 5.61. The SMILES string of the molecule is Cc1cc(C(=O)Nc2ccc(F)nc2F)ccc1[N+](=O)[O-]. The number of nitro benzene ring substituents is 1. The molecule has 0 spiro atoms. The van der Waals surface area contributed by atoms with Crippen LogP contribution in [0, 0.1) is 28.9 Å². The number of carbonyl (C=O) groups excluding carboxylic acids is 1. The molecule has 0 saturated carbocycles. The van der Waals surface area contributed by atoms with Crippen LogP contribution in [0.4, 0.5) is 20.2 Å². The minimum atomic E-state index is -1.15. The molecule has 0 unspecified atom stereocenters. The third-order valence-corrected chi connectivity index (χ3v) is 2.72. The van der Waals surface area contributed by atoms with Crippen molar-refractivity contribution in [1.82, 2.24) is 4.98 Å². The van der Waals surface area contributed by atoms with Gasteiger partial charge in [-0.3, -0.25) is 14.9 Å². The van der Waals surface area contributed by atoms with Crippen molar-refractivity contribution < 1.29 is 18.5 Å². The van der Waals surface area contributed by atoms with Crippen molar-refractivity contribution in [3.05, 3.63) is 63.5 Å². The molecule has 0 saturated heterocycles. The Morgan fingerprint density at radius 2 is 2.00 bits per heavy atom. The monoisotopic (exact) mass is 293 g/mol. The molecular weight excluding hydrogens is 284 g/mol. The molecule has 0 aliphatic carbocycles. The number of hydrogen-bond acceptors (Lipinski definition) is 4. The Labute approximate surface area is 117 Å². The topological polar surface area (TPSA) is 85.1 Å². The number of rotatable bonds is 3. The van der Waals surface area contributed by atoms with Gasteiger partial charge in [-0.1, -0.05) is 0 Å². The highest BCUT2D eigenvalue weighted by Crippen LogP contribution is 2.20. The van der Waals surface area contributed by atoms with E-state index in [1.165, 1.54) is 25.1 Å². The fraction of sp³-hybridized carbons (Fsp3) is 0.0769. The molecule has 1 aromatic heterocycles. The third kappa shape index (κ3) is 3.16. The summed E-state index contributed by atoms with van der Waals surface area (Å²) in [4.78, 5) is 25.0. The molecule has 0 atom stereocenters. The quantitative estimate of drug-likeness (QED) is 0.535. The normalized spacial score (nSPS) is 10.2. The van der Waals surface area contributed by atoms with Gasteiger partial charge in [0.1, 0.15) is 0 Å². The maximum absolute atomic E-state index is 13.3. The Morgan fingerprint density at radius 1 is 1.29 bits per heavy atom. The number of aromatic nitrogens is 1. The second-order valence-electron chi connectivity index (χ2n) is 4.18. The van der Waals surface area contributed by atoms with E-state index in [0.29, 0.717) is 5.56 Å². The maximum Gasteiger partial charge on any atom is 0.272 e. The number of nitrogens with one attached hydrogen (secondary N) is 1. The van der Waals surface area contributed by atoms with Crippen LogP contribution in [0.15, 0.2) is 30.3 Å². The van der Waals surface area contributed by atoms with E-state index in [0.717, 1.165) is 12.1 Å². The highest BCUT2D eigenvalue weighted by Gasteiger charge is 2.15. The number of hydrogen-bond donors (Lipinski definition) is 1. The van der Waals surface area contributed by atoms with Gasteiger partial charge in [-0.15, -0.1) is 0 Å². The molecule has 21 heavy (non-hydrogen) atoms. The summed E-state index contributed by atoms with van der Waals surface area (Å²) < 4.78 is 26.0. The minimum absolute atomic E-state index is 0.113. The van der Waals surface area contributed by atoms with Crippen molar-refractivity contribution in [2.45, 2.75) is 6.92 Å². The van der Waals surface area contributed by atoms with Crippen molar-refractivity contribution in [3.63, 3.8) is 0 Å². The van der Waals surface area contributed by atoms with Gasteiger partial charge in [0.15, 0.2) is 0 Å². The average molecular weight is 293 g/mol. The summed E-state index contributed by atoms with van der Waals surface area (Å²) in [7, 11) is 0. The number of halogens is 2. The standard InChI is InChI=1S/C13H9F2N3O3/c1-7-6-8(2-4-10(7)18(20)21)13(19)16-9-3-5-11(14)17-12(9)15/h2-6H,1H3,(H,16,19). The highest BCUT2D eigenvalue weighted by atomic mass is 19.1. The molecule has 1 aromatic carbocycles. The summed E-state index contributed by atoms with van der Waals surface area (Å²) in [6, 6.07) is 5.68. The van der Waals surface area contributed by atoms with Gasteiger partial charge in [0.25, 0.3) is 11.6 Å². The van der Waals surface area contributed by atoms with E-state index in [1.807, 2.05) is 0 Å². The minimum Gasteiger partial charge on any atom is -0.318 e. The number of benzene rings is 1. The Hall–Kier alpha value is -2.90. The van der Waals surface area contributed by atoms with E-state index < -0.39 is 22.7 Å². The molecule has 0 bridgehead atoms. The zero-order valence-corrected chi connectivity index (χ0v) is 10.8. The van der Waals surface area contributed by atoms with Crippen LogP contribution in [0.25, 0.3) is 0 Å². The zero-order valence-electron chi connectivity index (χ0n) is 10.8. The number of amides is 1. The molecule has 6 nitrogen and oxygen atoms in total. The van der Waals surface area contributed by atoms with Gasteiger partial charge in [-0.2, -0.15) is 13.8 Å². The molecule has 2 rings (SSSR count). The smallest absolute Gasteiger partial charge is 0.272 e. The van der Waals surface area contributed by atoms with E-state index in [2.05, 4.69) is 10.3 Å². The van der Waals surface area contributed by atoms with E-state index in [4.69, 9.17) is 0 Å². The number of nitrogens with zero attached hydrogens (tertiary/aromatic N) is 2. The van der Waals surface area contributed by atoms with E-state index in [9.17, 15) is 23.7 Å². The molecule has 0 fully saturated rings. The average Bonchev–Trinajstić information content (AvgIpc) is 2.41. The fourth-order valence-corrected chi connectivity index (χ4v) is 1.70. The summed E-state index contributed by atoms with van der Waals surface area (Å²) in [6.07, 6.45) is 0. The van der Waals surface area contributed by atoms with Crippen molar-refractivity contribution in [2.75, 3.05) is 5.32 Å². The van der Waals surface area contributed by atoms with E-state index >= 15 is 0 Å². The lowest BCUT2D eigenvalue weighted by atomic mass is 10.1. The lowest BCUT2D eigenvalue weighted by Crippen LogP contribution is -2.14. The molecule has 2 aromatic rings. The van der Waals surface area contributed by atoms with Gasteiger partial charge in [0.05, 0.1) is 10.6 Å². The lowest BCUT2D eigenvalue weighted by Gasteiger charge is -2.06. The van der Waals surface area contributed by atoms with Crippen molar-refractivity contribution >= 4 is 17.3 Å². The van der Waals surface area contributed by atoms with Crippen LogP contribution in [0.1, 0.15) is 15.9 Å². The molecule has 8 heteroatoms. The summed E-state index contributed by atoms with van der Waals surface area (Å²) in [6.45, 7) is 1.48. The number of anilines is 1. The maximum atomic E-state index is 13.3. The van der Waals surface area contributed by atoms with Gasteiger partial charge >= 0.3 is 0 Å². The molecular formula is C13H9F2N3O3. The van der Waals surface area contributed by atoms with Gasteiger partial charge in [-0.25, -0.2) is 0 Å². The molecule has 1 N–H and O–H groups in total. The van der Waals surface area contributed by atoms with Crippen LogP contribution < -0.4 is 5.32 Å². The van der Waals surface area contributed by atoms with E-state index in [1.54, 1.807) is 0 Å². The van der Waals surface area contributed by atoms with Crippen LogP contribution in [-0.2, 0) is 0 Å². The Kier molecular flexibility index (Phi) is 3.88. The van der Waals surface area contributed by atoms with Crippen LogP contribution in [0.5, 0.6) is 0 Å². The van der Waals surface area contributed by atoms with Crippen LogP contribution in [-0.4, -0.2) is 15.8 Å². The van der Waals surface area contributed by atoms with Crippen LogP contribution in [0.3, 0.4) is 0 Å². The molecule has 0 aliphatic rings. The van der Waals surface area contributed by atoms with Crippen LogP contribution >= 0.6 is 0 Å². The summed E-state index contributed by atoms with van der Waals surface area (Å²) in [5.74, 6) is -2.83. The van der Waals surface area contributed by atoms with E-state index in [-0.39, 0.29) is 16.9 Å². The summed E-state index contributed by atoms with van der Waals surface area (Å²) in [5.41, 5.74) is 0.00534. The fourth-order valence-electron chi connectivity index (χ4n) is 1.70. The summed E-state index contributed by atoms with van der Waals surface area (Å²) >= 11 is 0. The first-order valence-corrected chi connectivity index (χ1v) is 5.77. The van der Waals surface area contributed by atoms with Crippen molar-refractivity contribution in [1.29, 1.82) is 0 Å². The zero-order chi connectivity index (χ0) is 15.6. The largest absolute Gasteiger partial charge is 0.318 e. The number of nitro groups is 1. The Balaban J connectivity index is 2.24. The second-order valence-corrected chi connectivity index (χ2v) is 4.18. The van der Waals surface area contributed by atoms with Crippen LogP contribution in [0.2, 0.25) is 0 Å². The van der Waals surface area contributed by atoms with Gasteiger partial charge < -0.3 is 5.32 Å². The van der Waals surface area contributed by atoms with Gasteiger partial charge in [-0.05, 0) is 31.2 Å². The van der Waals surface area contributed by atoms with Gasteiger partial charge in [0.2, 0.25) is 11.9 Å². The first-order chi connectivity index (χ1) is 9.88. The van der Waals surface area contributed by atoms with Crippen molar-refractivity contribution in [3.8, 4) is 0 Å². The Morgan fingerprint density at radius 3 is 2.57 bits per heavy atom. The number of carbonyl (C=O) groups is 1. The molecule has 1 heterocycles. The Bertz CT molecular complexity index is 735. The predicted molar refractivity (Wildman–Crippen MR) is 69.9 cm³/mol. The third-order valence-electron chi connectivity index (χ3n) is 2.72. The predicted octanol–water partition coefficient (Wildman–Crippen LogP) is 2.83. The van der Waals surface area contributed by atoms with Crippen molar-refractivity contribution in [2.24, 2.45) is 0 Å². The molecule has 1 amide bonds. The lowest BCUT2D eigenvalue weighted by molar-refractivity contribution is -0.385.